The second-order valence-electron chi connectivity index (χ2n) is 3.86. The zero-order valence-corrected chi connectivity index (χ0v) is 10.7. The van der Waals surface area contributed by atoms with Gasteiger partial charge >= 0.3 is 0 Å². The van der Waals surface area contributed by atoms with Gasteiger partial charge in [0.05, 0.1) is 5.56 Å². The second-order valence-corrected chi connectivity index (χ2v) is 4.34. The highest BCUT2D eigenvalue weighted by Crippen LogP contribution is 2.19. The lowest BCUT2D eigenvalue weighted by Gasteiger charge is -2.18. The first-order valence-corrected chi connectivity index (χ1v) is 5.86. The molecular formula is C14H12FNOS. The molecule has 18 heavy (non-hydrogen) atoms. The van der Waals surface area contributed by atoms with Crippen molar-refractivity contribution >= 4 is 24.2 Å². The first-order chi connectivity index (χ1) is 8.59. The van der Waals surface area contributed by atoms with Gasteiger partial charge in [-0.05, 0) is 36.4 Å². The minimum absolute atomic E-state index is 0.174. The van der Waals surface area contributed by atoms with E-state index >= 15 is 0 Å². The molecule has 0 heterocycles. The number of thiol groups is 1. The van der Waals surface area contributed by atoms with E-state index in [-0.39, 0.29) is 11.7 Å². The molecule has 0 saturated carbocycles. The summed E-state index contributed by atoms with van der Waals surface area (Å²) in [5.74, 6) is -0.499. The predicted molar refractivity (Wildman–Crippen MR) is 72.8 cm³/mol. The number of benzene rings is 2. The Morgan fingerprint density at radius 1 is 1.11 bits per heavy atom. The molecule has 0 unspecified atom stereocenters. The molecule has 2 aromatic carbocycles. The summed E-state index contributed by atoms with van der Waals surface area (Å²) in [6.45, 7) is 0. The molecule has 0 aliphatic rings. The van der Waals surface area contributed by atoms with Gasteiger partial charge in [-0.3, -0.25) is 4.79 Å². The minimum Gasteiger partial charge on any atom is -0.311 e. The van der Waals surface area contributed by atoms with Crippen LogP contribution in [0.1, 0.15) is 10.4 Å². The topological polar surface area (TPSA) is 20.3 Å². The molecular weight excluding hydrogens is 249 g/mol. The van der Waals surface area contributed by atoms with Crippen LogP contribution < -0.4 is 4.90 Å². The standard InChI is InChI=1S/C14H12FNOS/c1-16(11-8-6-10(15)7-9-11)14(17)12-4-2-3-5-13(12)18/h2-9,18H,1H3. The van der Waals surface area contributed by atoms with Crippen LogP contribution in [0, 0.1) is 5.82 Å². The van der Waals surface area contributed by atoms with Crippen LogP contribution in [0.2, 0.25) is 0 Å². The van der Waals surface area contributed by atoms with Gasteiger partial charge in [-0.25, -0.2) is 4.39 Å². The van der Waals surface area contributed by atoms with Crippen molar-refractivity contribution in [3.05, 3.63) is 59.9 Å². The molecule has 2 aromatic rings. The largest absolute Gasteiger partial charge is 0.311 e. The van der Waals surface area contributed by atoms with Gasteiger partial charge in [-0.15, -0.1) is 12.6 Å². The average Bonchev–Trinajstić information content (AvgIpc) is 2.38. The van der Waals surface area contributed by atoms with Crippen LogP contribution in [-0.4, -0.2) is 13.0 Å². The maximum absolute atomic E-state index is 12.8. The van der Waals surface area contributed by atoms with E-state index in [9.17, 15) is 9.18 Å². The van der Waals surface area contributed by atoms with E-state index in [1.165, 1.54) is 17.0 Å². The van der Waals surface area contributed by atoms with E-state index in [4.69, 9.17) is 0 Å². The van der Waals surface area contributed by atoms with Crippen LogP contribution in [-0.2, 0) is 0 Å². The summed E-state index contributed by atoms with van der Waals surface area (Å²) in [7, 11) is 1.65. The SMILES string of the molecule is CN(C(=O)c1ccccc1S)c1ccc(F)cc1. The van der Waals surface area contributed by atoms with E-state index in [0.717, 1.165) is 0 Å². The molecule has 0 aliphatic carbocycles. The molecule has 2 nitrogen and oxygen atoms in total. The van der Waals surface area contributed by atoms with Crippen LogP contribution in [0.3, 0.4) is 0 Å². The Balaban J connectivity index is 2.29. The maximum Gasteiger partial charge on any atom is 0.259 e. The molecule has 2 rings (SSSR count). The van der Waals surface area contributed by atoms with Crippen molar-refractivity contribution in [2.24, 2.45) is 0 Å². The molecule has 1 amide bonds. The van der Waals surface area contributed by atoms with Crippen molar-refractivity contribution in [3.8, 4) is 0 Å². The number of hydrogen-bond donors (Lipinski definition) is 1. The van der Waals surface area contributed by atoms with E-state index in [0.29, 0.717) is 16.1 Å². The van der Waals surface area contributed by atoms with Crippen LogP contribution in [0.25, 0.3) is 0 Å². The third-order valence-electron chi connectivity index (χ3n) is 2.65. The fourth-order valence-electron chi connectivity index (χ4n) is 1.62. The van der Waals surface area contributed by atoms with E-state index in [1.54, 1.807) is 37.4 Å². The number of hydrogen-bond acceptors (Lipinski definition) is 2. The Morgan fingerprint density at radius 2 is 1.72 bits per heavy atom. The summed E-state index contributed by atoms with van der Waals surface area (Å²) in [5, 5.41) is 0. The van der Waals surface area contributed by atoms with E-state index in [1.807, 2.05) is 6.07 Å². The van der Waals surface area contributed by atoms with E-state index in [2.05, 4.69) is 12.6 Å². The van der Waals surface area contributed by atoms with Gasteiger partial charge in [0.15, 0.2) is 0 Å². The zero-order valence-electron chi connectivity index (χ0n) is 9.80. The van der Waals surface area contributed by atoms with Gasteiger partial charge in [-0.2, -0.15) is 0 Å². The van der Waals surface area contributed by atoms with Crippen molar-refractivity contribution < 1.29 is 9.18 Å². The maximum atomic E-state index is 12.8. The van der Waals surface area contributed by atoms with Crippen LogP contribution in [0.15, 0.2) is 53.4 Å². The van der Waals surface area contributed by atoms with Gasteiger partial charge < -0.3 is 4.90 Å². The third-order valence-corrected chi connectivity index (χ3v) is 3.04. The van der Waals surface area contributed by atoms with Crippen LogP contribution >= 0.6 is 12.6 Å². The molecule has 0 N–H and O–H groups in total. The molecule has 0 fully saturated rings. The fourth-order valence-corrected chi connectivity index (χ4v) is 1.87. The third kappa shape index (κ3) is 2.54. The smallest absolute Gasteiger partial charge is 0.259 e. The molecule has 0 aromatic heterocycles. The Hall–Kier alpha value is -1.81. The fraction of sp³-hybridized carbons (Fsp3) is 0.0714. The summed E-state index contributed by atoms with van der Waals surface area (Å²) in [4.78, 5) is 14.3. The lowest BCUT2D eigenvalue weighted by molar-refractivity contribution is 0.0990. The molecule has 0 aliphatic heterocycles. The van der Waals surface area contributed by atoms with Crippen molar-refractivity contribution in [2.45, 2.75) is 4.90 Å². The molecule has 0 bridgehead atoms. The highest BCUT2D eigenvalue weighted by Gasteiger charge is 2.15. The van der Waals surface area contributed by atoms with Crippen LogP contribution in [0.4, 0.5) is 10.1 Å². The summed E-state index contributed by atoms with van der Waals surface area (Å²) >= 11 is 4.25. The monoisotopic (exact) mass is 261 g/mol. The Labute approximate surface area is 110 Å². The Morgan fingerprint density at radius 3 is 2.33 bits per heavy atom. The lowest BCUT2D eigenvalue weighted by atomic mass is 10.2. The van der Waals surface area contributed by atoms with E-state index < -0.39 is 0 Å². The van der Waals surface area contributed by atoms with Gasteiger partial charge in [0.1, 0.15) is 5.82 Å². The molecule has 4 heteroatoms. The second kappa shape index (κ2) is 5.23. The average molecular weight is 261 g/mol. The summed E-state index contributed by atoms with van der Waals surface area (Å²) in [6.07, 6.45) is 0. The predicted octanol–water partition coefficient (Wildman–Crippen LogP) is 3.39. The molecule has 92 valence electrons. The Kier molecular flexibility index (Phi) is 3.67. The first-order valence-electron chi connectivity index (χ1n) is 5.41. The number of carbonyl (C=O) groups excluding carboxylic acids is 1. The molecule has 0 saturated heterocycles. The summed E-state index contributed by atoms with van der Waals surface area (Å²) in [6, 6.07) is 12.8. The van der Waals surface area contributed by atoms with Crippen molar-refractivity contribution in [3.63, 3.8) is 0 Å². The number of rotatable bonds is 2. The zero-order chi connectivity index (χ0) is 13.1. The number of carbonyl (C=O) groups is 1. The van der Waals surface area contributed by atoms with Gasteiger partial charge in [0, 0.05) is 17.6 Å². The first kappa shape index (κ1) is 12.6. The highest BCUT2D eigenvalue weighted by atomic mass is 32.1. The van der Waals surface area contributed by atoms with Crippen molar-refractivity contribution in [1.29, 1.82) is 0 Å². The summed E-state index contributed by atoms with van der Waals surface area (Å²) in [5.41, 5.74) is 1.16. The molecule has 0 atom stereocenters. The summed E-state index contributed by atoms with van der Waals surface area (Å²) < 4.78 is 12.8. The molecule has 0 spiro atoms. The van der Waals surface area contributed by atoms with Crippen molar-refractivity contribution in [1.82, 2.24) is 0 Å². The van der Waals surface area contributed by atoms with Gasteiger partial charge in [0.25, 0.3) is 5.91 Å². The van der Waals surface area contributed by atoms with Crippen LogP contribution in [0.5, 0.6) is 0 Å². The highest BCUT2D eigenvalue weighted by molar-refractivity contribution is 7.80. The number of nitrogens with zero attached hydrogens (tertiary/aromatic N) is 1. The normalized spacial score (nSPS) is 10.2. The Bertz CT molecular complexity index is 568. The van der Waals surface area contributed by atoms with Gasteiger partial charge in [-0.1, -0.05) is 12.1 Å². The lowest BCUT2D eigenvalue weighted by Crippen LogP contribution is -2.26. The van der Waals surface area contributed by atoms with Crippen molar-refractivity contribution in [2.75, 3.05) is 11.9 Å². The number of halogens is 1. The number of amides is 1. The van der Waals surface area contributed by atoms with Gasteiger partial charge in [0.2, 0.25) is 0 Å². The quantitative estimate of drug-likeness (QED) is 0.822. The minimum atomic E-state index is -0.325. The number of anilines is 1. The molecule has 0 radical (unpaired) electrons.